The Bertz CT molecular complexity index is 595. The Labute approximate surface area is 130 Å². The third-order valence-electron chi connectivity index (χ3n) is 3.89. The maximum absolute atomic E-state index is 9.43. The molecule has 0 radical (unpaired) electrons. The lowest BCUT2D eigenvalue weighted by molar-refractivity contribution is 0.250. The summed E-state index contributed by atoms with van der Waals surface area (Å²) in [7, 11) is 0. The van der Waals surface area contributed by atoms with Gasteiger partial charge >= 0.3 is 0 Å². The second kappa shape index (κ2) is 6.37. The number of phenolic OH excluding ortho intramolecular Hbond substituents is 1. The van der Waals surface area contributed by atoms with Gasteiger partial charge in [0.25, 0.3) is 0 Å². The van der Waals surface area contributed by atoms with Gasteiger partial charge in [-0.2, -0.15) is 0 Å². The molecule has 1 heterocycles. The molecule has 0 unspecified atom stereocenters. The van der Waals surface area contributed by atoms with Crippen LogP contribution in [-0.2, 0) is 6.54 Å². The van der Waals surface area contributed by atoms with Crippen LogP contribution in [0.15, 0.2) is 48.5 Å². The molecule has 0 amide bonds. The van der Waals surface area contributed by atoms with E-state index in [9.17, 15) is 5.11 Å². The van der Waals surface area contributed by atoms with Crippen LogP contribution in [0.2, 0.25) is 5.02 Å². The Hall–Kier alpha value is -1.71. The van der Waals surface area contributed by atoms with Crippen LogP contribution in [0.25, 0.3) is 0 Å². The summed E-state index contributed by atoms with van der Waals surface area (Å²) >= 11 is 6.21. The smallest absolute Gasteiger partial charge is 0.117 e. The molecule has 0 saturated carbocycles. The van der Waals surface area contributed by atoms with Crippen LogP contribution in [0.1, 0.15) is 5.56 Å². The molecular formula is C17H19ClN2O. The highest BCUT2D eigenvalue weighted by Crippen LogP contribution is 2.30. The van der Waals surface area contributed by atoms with Crippen molar-refractivity contribution >= 4 is 17.3 Å². The third-order valence-corrected chi connectivity index (χ3v) is 4.20. The molecule has 0 aromatic heterocycles. The van der Waals surface area contributed by atoms with Crippen molar-refractivity contribution in [3.63, 3.8) is 0 Å². The number of hydrogen-bond donors (Lipinski definition) is 1. The van der Waals surface area contributed by atoms with Crippen LogP contribution in [0, 0.1) is 0 Å². The molecule has 3 nitrogen and oxygen atoms in total. The molecule has 0 aliphatic carbocycles. The van der Waals surface area contributed by atoms with Crippen molar-refractivity contribution in [3.8, 4) is 5.75 Å². The van der Waals surface area contributed by atoms with E-state index in [1.165, 1.54) is 5.56 Å². The molecule has 0 bridgehead atoms. The van der Waals surface area contributed by atoms with E-state index in [-0.39, 0.29) is 5.75 Å². The number of benzene rings is 2. The molecule has 2 aromatic rings. The van der Waals surface area contributed by atoms with Crippen molar-refractivity contribution in [2.45, 2.75) is 6.54 Å². The molecule has 21 heavy (non-hydrogen) atoms. The zero-order chi connectivity index (χ0) is 14.7. The molecule has 1 N–H and O–H groups in total. The first-order valence-electron chi connectivity index (χ1n) is 7.22. The Kier molecular flexibility index (Phi) is 4.32. The number of aromatic hydroxyl groups is 1. The summed E-state index contributed by atoms with van der Waals surface area (Å²) in [6.07, 6.45) is 0. The van der Waals surface area contributed by atoms with Crippen LogP contribution < -0.4 is 4.90 Å². The fraction of sp³-hybridized carbons (Fsp3) is 0.294. The van der Waals surface area contributed by atoms with Gasteiger partial charge in [-0.05, 0) is 17.7 Å². The molecule has 4 heteroatoms. The highest BCUT2D eigenvalue weighted by Gasteiger charge is 2.19. The highest BCUT2D eigenvalue weighted by molar-refractivity contribution is 6.33. The molecule has 3 rings (SSSR count). The number of hydrogen-bond acceptors (Lipinski definition) is 3. The summed E-state index contributed by atoms with van der Waals surface area (Å²) in [6.45, 7) is 4.95. The predicted octanol–water partition coefficient (Wildman–Crippen LogP) is 3.37. The molecule has 0 spiro atoms. The van der Waals surface area contributed by atoms with Crippen molar-refractivity contribution in [3.05, 3.63) is 59.1 Å². The molecule has 1 fully saturated rings. The Morgan fingerprint density at radius 3 is 2.33 bits per heavy atom. The van der Waals surface area contributed by atoms with E-state index >= 15 is 0 Å². The topological polar surface area (TPSA) is 26.7 Å². The van der Waals surface area contributed by atoms with Gasteiger partial charge in [0.2, 0.25) is 0 Å². The highest BCUT2D eigenvalue weighted by atomic mass is 35.5. The van der Waals surface area contributed by atoms with E-state index in [0.717, 1.165) is 38.4 Å². The lowest BCUT2D eigenvalue weighted by atomic mass is 10.2. The van der Waals surface area contributed by atoms with E-state index in [0.29, 0.717) is 5.02 Å². The standard InChI is InChI=1S/C17H19ClN2O/c18-16-12-15(21)6-7-17(16)20-10-8-19(9-11-20)13-14-4-2-1-3-5-14/h1-7,12,21H,8-11,13H2. The van der Waals surface area contributed by atoms with Crippen molar-refractivity contribution < 1.29 is 5.11 Å². The average Bonchev–Trinajstić information content (AvgIpc) is 2.49. The van der Waals surface area contributed by atoms with E-state index in [1.54, 1.807) is 12.1 Å². The number of anilines is 1. The van der Waals surface area contributed by atoms with E-state index in [1.807, 2.05) is 12.1 Å². The summed E-state index contributed by atoms with van der Waals surface area (Å²) in [5.74, 6) is 0.214. The number of rotatable bonds is 3. The molecule has 1 aliphatic heterocycles. The maximum atomic E-state index is 9.43. The first kappa shape index (κ1) is 14.2. The zero-order valence-electron chi connectivity index (χ0n) is 11.9. The molecule has 1 saturated heterocycles. The third kappa shape index (κ3) is 3.49. The predicted molar refractivity (Wildman–Crippen MR) is 87.0 cm³/mol. The Balaban J connectivity index is 1.60. The van der Waals surface area contributed by atoms with Crippen molar-refractivity contribution in [1.82, 2.24) is 4.90 Å². The summed E-state index contributed by atoms with van der Waals surface area (Å²) in [5.41, 5.74) is 2.36. The number of nitrogens with zero attached hydrogens (tertiary/aromatic N) is 2. The van der Waals surface area contributed by atoms with Crippen molar-refractivity contribution in [2.75, 3.05) is 31.1 Å². The molecule has 110 valence electrons. The number of piperazine rings is 1. The van der Waals surface area contributed by atoms with Gasteiger partial charge in [-0.15, -0.1) is 0 Å². The second-order valence-electron chi connectivity index (χ2n) is 5.38. The SMILES string of the molecule is Oc1ccc(N2CCN(Cc3ccccc3)CC2)c(Cl)c1. The summed E-state index contributed by atoms with van der Waals surface area (Å²) in [5, 5.41) is 10.0. The summed E-state index contributed by atoms with van der Waals surface area (Å²) in [6, 6.07) is 15.7. The van der Waals surface area contributed by atoms with Crippen molar-refractivity contribution in [1.29, 1.82) is 0 Å². The first-order chi connectivity index (χ1) is 10.2. The quantitative estimate of drug-likeness (QED) is 0.942. The van der Waals surface area contributed by atoms with Crippen molar-refractivity contribution in [2.24, 2.45) is 0 Å². The summed E-state index contributed by atoms with van der Waals surface area (Å²) in [4.78, 5) is 4.74. The van der Waals surface area contributed by atoms with Crippen LogP contribution in [0.4, 0.5) is 5.69 Å². The van der Waals surface area contributed by atoms with Gasteiger partial charge in [-0.25, -0.2) is 0 Å². The fourth-order valence-electron chi connectivity index (χ4n) is 2.74. The van der Waals surface area contributed by atoms with Gasteiger partial charge in [-0.3, -0.25) is 4.90 Å². The van der Waals surface area contributed by atoms with E-state index in [2.05, 4.69) is 34.1 Å². The van der Waals surface area contributed by atoms with Gasteiger partial charge in [0.15, 0.2) is 0 Å². The summed E-state index contributed by atoms with van der Waals surface area (Å²) < 4.78 is 0. The van der Waals surface area contributed by atoms with Crippen LogP contribution in [-0.4, -0.2) is 36.2 Å². The van der Waals surface area contributed by atoms with Gasteiger partial charge in [0.1, 0.15) is 5.75 Å². The van der Waals surface area contributed by atoms with Gasteiger partial charge < -0.3 is 10.0 Å². The second-order valence-corrected chi connectivity index (χ2v) is 5.79. The van der Waals surface area contributed by atoms with E-state index in [4.69, 9.17) is 11.6 Å². The zero-order valence-corrected chi connectivity index (χ0v) is 12.6. The average molecular weight is 303 g/mol. The Morgan fingerprint density at radius 2 is 1.67 bits per heavy atom. The monoisotopic (exact) mass is 302 g/mol. The van der Waals surface area contributed by atoms with E-state index < -0.39 is 0 Å². The molecule has 0 atom stereocenters. The van der Waals surface area contributed by atoms with Crippen LogP contribution >= 0.6 is 11.6 Å². The van der Waals surface area contributed by atoms with Gasteiger partial charge in [-0.1, -0.05) is 41.9 Å². The Morgan fingerprint density at radius 1 is 0.952 bits per heavy atom. The minimum absolute atomic E-state index is 0.214. The van der Waals surface area contributed by atoms with Gasteiger partial charge in [0, 0.05) is 38.8 Å². The van der Waals surface area contributed by atoms with Crippen LogP contribution in [0.5, 0.6) is 5.75 Å². The molecule has 1 aliphatic rings. The first-order valence-corrected chi connectivity index (χ1v) is 7.60. The minimum atomic E-state index is 0.214. The lowest BCUT2D eigenvalue weighted by Gasteiger charge is -2.36. The largest absolute Gasteiger partial charge is 0.508 e. The minimum Gasteiger partial charge on any atom is -0.508 e. The number of halogens is 1. The number of phenols is 1. The molecular weight excluding hydrogens is 284 g/mol. The van der Waals surface area contributed by atoms with Gasteiger partial charge in [0.05, 0.1) is 10.7 Å². The fourth-order valence-corrected chi connectivity index (χ4v) is 3.04. The maximum Gasteiger partial charge on any atom is 0.117 e. The van der Waals surface area contributed by atoms with Crippen LogP contribution in [0.3, 0.4) is 0 Å². The molecule has 2 aromatic carbocycles. The lowest BCUT2D eigenvalue weighted by Crippen LogP contribution is -2.46. The normalized spacial score (nSPS) is 16.1.